The molecule has 3 aliphatic carbocycles. The molecule has 1 unspecified atom stereocenters. The number of likely N-dealkylation sites (N-methyl/N-ethyl adjacent to an activating group) is 2. The van der Waals surface area contributed by atoms with Crippen LogP contribution in [0, 0.1) is 5.92 Å². The third kappa shape index (κ3) is 4.80. The third-order valence-corrected chi connectivity index (χ3v) is 10.6. The molecule has 0 aromatic heterocycles. The van der Waals surface area contributed by atoms with Crippen molar-refractivity contribution in [1.82, 2.24) is 15.5 Å². The summed E-state index contributed by atoms with van der Waals surface area (Å²) < 4.78 is 13.0. The van der Waals surface area contributed by atoms with Crippen LogP contribution in [0.1, 0.15) is 56.6 Å². The fraction of sp³-hybridized carbons (Fsp3) is 0.645. The fourth-order valence-electron chi connectivity index (χ4n) is 8.40. The van der Waals surface area contributed by atoms with Crippen LogP contribution in [0.3, 0.4) is 0 Å². The molecular weight excluding hydrogens is 570 g/mol. The SMILES string of the molecule is CC(=O)N[C@@H](CC(N)=O)C(=O)NCCN(C)C(=O)Oc1ccc2c3c1O[C@H]1C(=O)CC[C@@]4(O)[C@H](C2)[N+](C)(CC2CC2)CC[C@]314. The Morgan fingerprint density at radius 3 is 2.68 bits per heavy atom. The van der Waals surface area contributed by atoms with E-state index >= 15 is 0 Å². The molecule has 5 N–H and O–H groups in total. The minimum absolute atomic E-state index is 0.0266. The summed E-state index contributed by atoms with van der Waals surface area (Å²) in [4.78, 5) is 62.9. The molecule has 1 aromatic carbocycles. The zero-order valence-electron chi connectivity index (χ0n) is 25.5. The van der Waals surface area contributed by atoms with Crippen molar-refractivity contribution in [2.45, 2.75) is 81.1 Å². The Morgan fingerprint density at radius 2 is 2.00 bits per heavy atom. The van der Waals surface area contributed by atoms with Gasteiger partial charge < -0.3 is 40.3 Å². The van der Waals surface area contributed by atoms with Crippen molar-refractivity contribution in [2.75, 3.05) is 40.3 Å². The number of piperidine rings is 1. The average molecular weight is 613 g/mol. The first kappa shape index (κ1) is 30.3. The highest BCUT2D eigenvalue weighted by Crippen LogP contribution is 2.66. The number of likely N-dealkylation sites (tertiary alicyclic amines) is 1. The highest BCUT2D eigenvalue weighted by Gasteiger charge is 2.76. The quantitative estimate of drug-likeness (QED) is 0.265. The molecule has 2 saturated carbocycles. The van der Waals surface area contributed by atoms with Crippen molar-refractivity contribution < 1.29 is 43.0 Å². The molecule has 1 saturated heterocycles. The molecule has 13 heteroatoms. The standard InChI is InChI=1S/C31H41N5O8/c1-17(37)34-20(15-24(32)39)28(40)33-11-12-35(2)29(41)43-22-7-6-19-14-23-31(42)9-8-21(38)27-30(31,25(19)26(22)44-27)10-13-36(23,3)16-18-4-5-18/h6-7,18,20,23,27,42H,4-5,8-16H2,1-3H3,(H3-,32,33,34,37,39,40)/p+1/t20-,23-,27-,30-,31+,36?/m0/s1. The van der Waals surface area contributed by atoms with E-state index in [1.54, 1.807) is 6.07 Å². The summed E-state index contributed by atoms with van der Waals surface area (Å²) in [6.07, 6.45) is 2.51. The van der Waals surface area contributed by atoms with E-state index < -0.39 is 47.0 Å². The van der Waals surface area contributed by atoms with Crippen molar-refractivity contribution in [3.8, 4) is 11.5 Å². The first-order chi connectivity index (χ1) is 20.8. The Labute approximate surface area is 256 Å². The lowest BCUT2D eigenvalue weighted by molar-refractivity contribution is -0.950. The number of nitrogens with two attached hydrogens (primary N) is 1. The zero-order valence-corrected chi connectivity index (χ0v) is 25.5. The first-order valence-electron chi connectivity index (χ1n) is 15.5. The molecular formula is C31H42N5O8+. The second-order valence-electron chi connectivity index (χ2n) is 13.6. The molecule has 6 rings (SSSR count). The Balaban J connectivity index is 1.19. The number of primary amides is 1. The molecule has 238 valence electrons. The van der Waals surface area contributed by atoms with Gasteiger partial charge in [-0.05, 0) is 30.9 Å². The Hall–Kier alpha value is -3.71. The van der Waals surface area contributed by atoms with Gasteiger partial charge in [-0.1, -0.05) is 6.07 Å². The van der Waals surface area contributed by atoms with Gasteiger partial charge in [-0.2, -0.15) is 0 Å². The highest BCUT2D eigenvalue weighted by molar-refractivity contribution is 5.91. The molecule has 44 heavy (non-hydrogen) atoms. The van der Waals surface area contributed by atoms with Crippen molar-refractivity contribution in [1.29, 1.82) is 0 Å². The molecule has 1 aromatic rings. The molecule has 1 spiro atoms. The van der Waals surface area contributed by atoms with Crippen LogP contribution in [-0.4, -0.2) is 108 Å². The number of rotatable bonds is 10. The van der Waals surface area contributed by atoms with Gasteiger partial charge in [-0.3, -0.25) is 19.2 Å². The number of amides is 4. The van der Waals surface area contributed by atoms with Crippen molar-refractivity contribution in [3.05, 3.63) is 23.3 Å². The predicted octanol–water partition coefficient (Wildman–Crippen LogP) is -0.109. The maximum absolute atomic E-state index is 13.4. The van der Waals surface area contributed by atoms with Crippen LogP contribution in [0.15, 0.2) is 12.1 Å². The molecule has 2 heterocycles. The van der Waals surface area contributed by atoms with Crippen LogP contribution in [-0.2, 0) is 31.0 Å². The van der Waals surface area contributed by atoms with Crippen LogP contribution < -0.4 is 25.8 Å². The molecule has 0 radical (unpaired) electrons. The maximum Gasteiger partial charge on any atom is 0.415 e. The largest absolute Gasteiger partial charge is 0.477 e. The van der Waals surface area contributed by atoms with Gasteiger partial charge >= 0.3 is 6.09 Å². The number of nitrogens with one attached hydrogen (secondary N) is 2. The number of carbonyl (C=O) groups excluding carboxylic acids is 5. The molecule has 6 atom stereocenters. The number of hydrogen-bond donors (Lipinski definition) is 4. The smallest absolute Gasteiger partial charge is 0.415 e. The summed E-state index contributed by atoms with van der Waals surface area (Å²) in [5.74, 6) is -0.621. The van der Waals surface area contributed by atoms with E-state index in [0.717, 1.165) is 28.7 Å². The van der Waals surface area contributed by atoms with Gasteiger partial charge in [0, 0.05) is 57.8 Å². The summed E-state index contributed by atoms with van der Waals surface area (Å²) in [6.45, 7) is 3.20. The third-order valence-electron chi connectivity index (χ3n) is 10.6. The summed E-state index contributed by atoms with van der Waals surface area (Å²) in [6, 6.07) is 2.48. The molecule has 2 aliphatic heterocycles. The number of aliphatic hydroxyl groups is 1. The van der Waals surface area contributed by atoms with E-state index in [-0.39, 0.29) is 43.5 Å². The number of carbonyl (C=O) groups is 5. The lowest BCUT2D eigenvalue weighted by atomic mass is 9.48. The van der Waals surface area contributed by atoms with Crippen molar-refractivity contribution in [2.24, 2.45) is 11.7 Å². The minimum Gasteiger partial charge on any atom is -0.477 e. The van der Waals surface area contributed by atoms with Gasteiger partial charge in [-0.25, -0.2) is 4.79 Å². The second-order valence-corrected chi connectivity index (χ2v) is 13.6. The Morgan fingerprint density at radius 1 is 1.25 bits per heavy atom. The van der Waals surface area contributed by atoms with Crippen LogP contribution in [0.4, 0.5) is 4.79 Å². The van der Waals surface area contributed by atoms with Crippen molar-refractivity contribution in [3.63, 3.8) is 0 Å². The monoisotopic (exact) mass is 612 g/mol. The van der Waals surface area contributed by atoms with Gasteiger partial charge in [0.25, 0.3) is 0 Å². The van der Waals surface area contributed by atoms with Gasteiger partial charge in [0.15, 0.2) is 23.4 Å². The lowest BCUT2D eigenvalue weighted by Crippen LogP contribution is -2.80. The van der Waals surface area contributed by atoms with E-state index in [4.69, 9.17) is 15.2 Å². The first-order valence-corrected chi connectivity index (χ1v) is 15.5. The predicted molar refractivity (Wildman–Crippen MR) is 156 cm³/mol. The van der Waals surface area contributed by atoms with Gasteiger partial charge in [0.2, 0.25) is 17.7 Å². The molecule has 2 bridgehead atoms. The summed E-state index contributed by atoms with van der Waals surface area (Å²) in [5, 5.41) is 17.6. The van der Waals surface area contributed by atoms with E-state index in [1.807, 2.05) is 6.07 Å². The Kier molecular flexibility index (Phi) is 7.39. The van der Waals surface area contributed by atoms with Crippen LogP contribution in [0.2, 0.25) is 0 Å². The number of Topliss-reactive ketones (excluding diaryl/α,β-unsaturated/α-hetero) is 1. The van der Waals surface area contributed by atoms with Crippen molar-refractivity contribution >= 4 is 29.6 Å². The van der Waals surface area contributed by atoms with Gasteiger partial charge in [0.1, 0.15) is 17.7 Å². The number of benzene rings is 1. The fourth-order valence-corrected chi connectivity index (χ4v) is 8.40. The lowest BCUT2D eigenvalue weighted by Gasteiger charge is -2.64. The van der Waals surface area contributed by atoms with Crippen LogP contribution in [0.25, 0.3) is 0 Å². The molecule has 5 aliphatic rings. The summed E-state index contributed by atoms with van der Waals surface area (Å²) in [5.41, 5.74) is 5.06. The van der Waals surface area contributed by atoms with Crippen LogP contribution in [0.5, 0.6) is 11.5 Å². The average Bonchev–Trinajstić information content (AvgIpc) is 3.68. The second kappa shape index (κ2) is 10.7. The minimum atomic E-state index is -1.12. The van der Waals surface area contributed by atoms with Gasteiger partial charge in [-0.15, -0.1) is 0 Å². The highest BCUT2D eigenvalue weighted by atomic mass is 16.6. The summed E-state index contributed by atoms with van der Waals surface area (Å²) >= 11 is 0. The summed E-state index contributed by atoms with van der Waals surface area (Å²) in [7, 11) is 3.76. The zero-order chi connectivity index (χ0) is 31.6. The number of quaternary nitrogens is 1. The van der Waals surface area contributed by atoms with E-state index in [0.29, 0.717) is 30.9 Å². The maximum atomic E-state index is 13.4. The number of nitrogens with zero attached hydrogens (tertiary/aromatic N) is 2. The molecule has 13 nitrogen and oxygen atoms in total. The number of ketones is 1. The van der Waals surface area contributed by atoms with E-state index in [2.05, 4.69) is 17.7 Å². The normalized spacial score (nSPS) is 31.7. The van der Waals surface area contributed by atoms with Crippen LogP contribution >= 0.6 is 0 Å². The Bertz CT molecular complexity index is 1410. The molecule has 3 fully saturated rings. The van der Waals surface area contributed by atoms with E-state index in [9.17, 15) is 29.1 Å². The van der Waals surface area contributed by atoms with Gasteiger partial charge in [0.05, 0.1) is 32.0 Å². The topological polar surface area (TPSA) is 177 Å². The number of ether oxygens (including phenoxy) is 2. The molecule has 4 amide bonds. The van der Waals surface area contributed by atoms with E-state index in [1.165, 1.54) is 31.7 Å². The number of hydrogen-bond acceptors (Lipinski definition) is 8.